The Balaban J connectivity index is 2.24. The molecule has 0 aliphatic rings. The summed E-state index contributed by atoms with van der Waals surface area (Å²) in [6.07, 6.45) is 1.11. The van der Waals surface area contributed by atoms with E-state index < -0.39 is 11.5 Å². The number of hydrogen-bond donors (Lipinski definition) is 2. The van der Waals surface area contributed by atoms with Crippen LogP contribution in [0, 0.1) is 6.92 Å². The molecule has 0 saturated carbocycles. The second-order valence-corrected chi connectivity index (χ2v) is 4.81. The molecule has 0 bridgehead atoms. The highest BCUT2D eigenvalue weighted by Crippen LogP contribution is 2.19. The van der Waals surface area contributed by atoms with Crippen molar-refractivity contribution in [3.8, 4) is 0 Å². The highest BCUT2D eigenvalue weighted by Gasteiger charge is 2.26. The van der Waals surface area contributed by atoms with Crippen molar-refractivity contribution in [1.29, 1.82) is 0 Å². The standard InChI is InChI=1S/C9H15N3O3S/c1-6-11-12-8(15-6)16-5-3-4-9(2,10)7(13)14/h3-5,10H2,1-2H3,(H,13,14). The van der Waals surface area contributed by atoms with E-state index in [9.17, 15) is 4.79 Å². The van der Waals surface area contributed by atoms with Gasteiger partial charge in [0.05, 0.1) is 0 Å². The maximum Gasteiger partial charge on any atom is 0.323 e. The van der Waals surface area contributed by atoms with E-state index in [4.69, 9.17) is 15.3 Å². The van der Waals surface area contributed by atoms with Crippen LogP contribution in [0.3, 0.4) is 0 Å². The second-order valence-electron chi connectivity index (χ2n) is 3.76. The molecule has 1 heterocycles. The van der Waals surface area contributed by atoms with Crippen molar-refractivity contribution >= 4 is 17.7 Å². The van der Waals surface area contributed by atoms with E-state index in [2.05, 4.69) is 10.2 Å². The van der Waals surface area contributed by atoms with Gasteiger partial charge in [0.25, 0.3) is 5.22 Å². The molecule has 0 fully saturated rings. The summed E-state index contributed by atoms with van der Waals surface area (Å²) in [4.78, 5) is 10.7. The van der Waals surface area contributed by atoms with Crippen LogP contribution >= 0.6 is 11.8 Å². The van der Waals surface area contributed by atoms with Gasteiger partial charge in [-0.3, -0.25) is 4.79 Å². The minimum absolute atomic E-state index is 0.419. The van der Waals surface area contributed by atoms with Crippen molar-refractivity contribution in [2.24, 2.45) is 5.73 Å². The zero-order chi connectivity index (χ0) is 12.2. The third-order valence-electron chi connectivity index (χ3n) is 2.06. The van der Waals surface area contributed by atoms with Crippen LogP contribution < -0.4 is 5.73 Å². The topological polar surface area (TPSA) is 102 Å². The zero-order valence-electron chi connectivity index (χ0n) is 9.27. The van der Waals surface area contributed by atoms with Crippen LogP contribution in [0.15, 0.2) is 9.64 Å². The number of aromatic nitrogens is 2. The molecule has 0 aliphatic carbocycles. The van der Waals surface area contributed by atoms with E-state index in [-0.39, 0.29) is 0 Å². The molecule has 0 radical (unpaired) electrons. The van der Waals surface area contributed by atoms with Crippen LogP contribution in [0.1, 0.15) is 25.7 Å². The quantitative estimate of drug-likeness (QED) is 0.570. The second kappa shape index (κ2) is 5.31. The van der Waals surface area contributed by atoms with E-state index >= 15 is 0 Å². The molecule has 1 rings (SSSR count). The average Bonchev–Trinajstić information content (AvgIpc) is 2.59. The lowest BCUT2D eigenvalue weighted by Crippen LogP contribution is -2.44. The van der Waals surface area contributed by atoms with Gasteiger partial charge in [-0.2, -0.15) is 0 Å². The molecule has 6 nitrogen and oxygen atoms in total. The number of hydrogen-bond acceptors (Lipinski definition) is 6. The van der Waals surface area contributed by atoms with Crippen molar-refractivity contribution in [1.82, 2.24) is 10.2 Å². The third-order valence-corrected chi connectivity index (χ3v) is 2.97. The lowest BCUT2D eigenvalue weighted by Gasteiger charge is -2.18. The molecular weight excluding hydrogens is 230 g/mol. The molecule has 0 saturated heterocycles. The summed E-state index contributed by atoms with van der Waals surface area (Å²) >= 11 is 1.40. The summed E-state index contributed by atoms with van der Waals surface area (Å²) in [6, 6.07) is 0. The Bertz CT molecular complexity index is 365. The molecule has 0 aliphatic heterocycles. The van der Waals surface area contributed by atoms with Gasteiger partial charge >= 0.3 is 5.97 Å². The van der Waals surface area contributed by atoms with Crippen molar-refractivity contribution in [3.05, 3.63) is 5.89 Å². The Labute approximate surface area is 97.6 Å². The number of nitrogens with two attached hydrogens (primary N) is 1. The fourth-order valence-corrected chi connectivity index (χ4v) is 1.78. The number of carbonyl (C=O) groups is 1. The summed E-state index contributed by atoms with van der Waals surface area (Å²) in [5, 5.41) is 16.8. The smallest absolute Gasteiger partial charge is 0.323 e. The predicted molar refractivity (Wildman–Crippen MR) is 59.2 cm³/mol. The lowest BCUT2D eigenvalue weighted by molar-refractivity contribution is -0.142. The minimum atomic E-state index is -1.16. The fraction of sp³-hybridized carbons (Fsp3) is 0.667. The Hall–Kier alpha value is -1.08. The van der Waals surface area contributed by atoms with E-state index in [1.165, 1.54) is 18.7 Å². The van der Waals surface area contributed by atoms with Crippen LogP contribution in [0.4, 0.5) is 0 Å². The minimum Gasteiger partial charge on any atom is -0.480 e. The normalized spacial score (nSPS) is 14.7. The first-order valence-electron chi connectivity index (χ1n) is 4.87. The number of nitrogens with zero attached hydrogens (tertiary/aromatic N) is 2. The number of rotatable bonds is 6. The Kier molecular flexibility index (Phi) is 4.31. The van der Waals surface area contributed by atoms with Gasteiger partial charge in [0.15, 0.2) is 0 Å². The molecule has 16 heavy (non-hydrogen) atoms. The molecule has 0 aromatic carbocycles. The van der Waals surface area contributed by atoms with Crippen molar-refractivity contribution in [3.63, 3.8) is 0 Å². The number of carboxylic acid groups (broad SMARTS) is 1. The Morgan fingerprint density at radius 2 is 2.31 bits per heavy atom. The fourth-order valence-electron chi connectivity index (χ4n) is 1.04. The first kappa shape index (κ1) is 13.0. The number of thioether (sulfide) groups is 1. The first-order chi connectivity index (χ1) is 7.42. The highest BCUT2D eigenvalue weighted by atomic mass is 32.2. The van der Waals surface area contributed by atoms with Gasteiger partial charge in [0, 0.05) is 12.7 Å². The highest BCUT2D eigenvalue weighted by molar-refractivity contribution is 7.99. The van der Waals surface area contributed by atoms with Gasteiger partial charge in [-0.05, 0) is 19.8 Å². The maximum atomic E-state index is 10.7. The van der Waals surface area contributed by atoms with Gasteiger partial charge in [0.2, 0.25) is 5.89 Å². The van der Waals surface area contributed by atoms with Crippen LogP contribution in [0.2, 0.25) is 0 Å². The van der Waals surface area contributed by atoms with E-state index in [0.717, 1.165) is 0 Å². The van der Waals surface area contributed by atoms with Gasteiger partial charge < -0.3 is 15.3 Å². The van der Waals surface area contributed by atoms with Gasteiger partial charge in [-0.15, -0.1) is 10.2 Å². The van der Waals surface area contributed by atoms with E-state index in [1.807, 2.05) is 0 Å². The summed E-state index contributed by atoms with van der Waals surface area (Å²) in [7, 11) is 0. The van der Waals surface area contributed by atoms with E-state index in [0.29, 0.717) is 29.7 Å². The Morgan fingerprint density at radius 1 is 1.62 bits per heavy atom. The SMILES string of the molecule is Cc1nnc(SCCCC(C)(N)C(=O)O)o1. The monoisotopic (exact) mass is 245 g/mol. The molecule has 1 unspecified atom stereocenters. The molecular formula is C9H15N3O3S. The molecule has 1 aromatic rings. The van der Waals surface area contributed by atoms with Crippen molar-refractivity contribution in [2.45, 2.75) is 37.5 Å². The zero-order valence-corrected chi connectivity index (χ0v) is 10.1. The molecule has 7 heteroatoms. The lowest BCUT2D eigenvalue weighted by atomic mass is 9.98. The molecule has 3 N–H and O–H groups in total. The average molecular weight is 245 g/mol. The predicted octanol–water partition coefficient (Wildman–Crippen LogP) is 1.05. The largest absolute Gasteiger partial charge is 0.480 e. The number of aryl methyl sites for hydroxylation is 1. The summed E-state index contributed by atoms with van der Waals surface area (Å²) < 4.78 is 5.16. The van der Waals surface area contributed by atoms with Gasteiger partial charge in [-0.25, -0.2) is 0 Å². The first-order valence-corrected chi connectivity index (χ1v) is 5.85. The number of aliphatic carboxylic acids is 1. The molecule has 1 atom stereocenters. The van der Waals surface area contributed by atoms with Crippen LogP contribution in [0.5, 0.6) is 0 Å². The number of carboxylic acids is 1. The van der Waals surface area contributed by atoms with Gasteiger partial charge in [-0.1, -0.05) is 11.8 Å². The molecule has 90 valence electrons. The Morgan fingerprint density at radius 3 is 2.81 bits per heavy atom. The molecule has 1 aromatic heterocycles. The van der Waals surface area contributed by atoms with E-state index in [1.54, 1.807) is 6.92 Å². The van der Waals surface area contributed by atoms with Crippen molar-refractivity contribution in [2.75, 3.05) is 5.75 Å². The third kappa shape index (κ3) is 3.82. The van der Waals surface area contributed by atoms with Crippen molar-refractivity contribution < 1.29 is 14.3 Å². The summed E-state index contributed by atoms with van der Waals surface area (Å²) in [6.45, 7) is 3.23. The van der Waals surface area contributed by atoms with Crippen LogP contribution in [0.25, 0.3) is 0 Å². The molecule has 0 spiro atoms. The van der Waals surface area contributed by atoms with Gasteiger partial charge in [0.1, 0.15) is 5.54 Å². The summed E-state index contributed by atoms with van der Waals surface area (Å²) in [5.74, 6) is 0.254. The van der Waals surface area contributed by atoms with Crippen LogP contribution in [-0.2, 0) is 4.79 Å². The molecule has 0 amide bonds. The maximum absolute atomic E-state index is 10.7. The van der Waals surface area contributed by atoms with Crippen LogP contribution in [-0.4, -0.2) is 32.6 Å². The summed E-state index contributed by atoms with van der Waals surface area (Å²) in [5.41, 5.74) is 4.42.